The smallest absolute Gasteiger partial charge is 0.264 e. The summed E-state index contributed by atoms with van der Waals surface area (Å²) in [7, 11) is -0.814. The monoisotopic (exact) mass is 376 g/mol. The molecule has 0 bridgehead atoms. The van der Waals surface area contributed by atoms with E-state index in [-0.39, 0.29) is 16.8 Å². The predicted octanol–water partition coefficient (Wildman–Crippen LogP) is 3.05. The molecule has 0 aliphatic rings. The first-order valence-electron chi connectivity index (χ1n) is 8.34. The lowest BCUT2D eigenvalue weighted by atomic mass is 10.2. The fraction of sp³-hybridized carbons (Fsp3) is 0.316. The second kappa shape index (κ2) is 8.23. The number of benzene rings is 2. The number of nitrogens with one attached hydrogen (secondary N) is 1. The van der Waals surface area contributed by atoms with Gasteiger partial charge in [0.05, 0.1) is 17.7 Å². The quantitative estimate of drug-likeness (QED) is 0.806. The van der Waals surface area contributed by atoms with Gasteiger partial charge in [-0.05, 0) is 49.7 Å². The molecule has 0 aromatic heterocycles. The maximum atomic E-state index is 12.9. The van der Waals surface area contributed by atoms with Crippen LogP contribution in [0.25, 0.3) is 0 Å². The minimum atomic E-state index is -3.77. The summed E-state index contributed by atoms with van der Waals surface area (Å²) in [5, 5.41) is 2.85. The number of anilines is 1. The molecule has 2 aromatic rings. The molecule has 0 saturated carbocycles. The number of para-hydroxylation sites is 2. The van der Waals surface area contributed by atoms with Crippen LogP contribution in [0.15, 0.2) is 53.4 Å². The number of amides is 1. The third kappa shape index (κ3) is 4.16. The minimum absolute atomic E-state index is 0.0580. The number of hydrogen-bond donors (Lipinski definition) is 1. The van der Waals surface area contributed by atoms with Crippen LogP contribution in [0.1, 0.15) is 30.6 Å². The van der Waals surface area contributed by atoms with E-state index < -0.39 is 10.0 Å². The van der Waals surface area contributed by atoms with Crippen LogP contribution in [0, 0.1) is 0 Å². The molecule has 0 aliphatic carbocycles. The highest BCUT2D eigenvalue weighted by atomic mass is 32.2. The zero-order valence-corrected chi connectivity index (χ0v) is 16.2. The molecule has 6 nitrogen and oxygen atoms in total. The summed E-state index contributed by atoms with van der Waals surface area (Å²) in [6, 6.07) is 12.8. The van der Waals surface area contributed by atoms with Gasteiger partial charge in [-0.25, -0.2) is 8.42 Å². The van der Waals surface area contributed by atoms with Crippen molar-refractivity contribution in [2.45, 2.75) is 31.2 Å². The van der Waals surface area contributed by atoms with Gasteiger partial charge in [0.1, 0.15) is 5.75 Å². The highest BCUT2D eigenvalue weighted by Crippen LogP contribution is 2.30. The van der Waals surface area contributed by atoms with Crippen LogP contribution in [-0.4, -0.2) is 34.5 Å². The van der Waals surface area contributed by atoms with Gasteiger partial charge < -0.3 is 10.1 Å². The SMILES string of the molecule is CC[C@H](C)NC(=O)c1ccc(S(=O)(=O)N(C)c2ccccc2OC)cc1. The van der Waals surface area contributed by atoms with Gasteiger partial charge in [-0.2, -0.15) is 0 Å². The zero-order valence-electron chi connectivity index (χ0n) is 15.4. The highest BCUT2D eigenvalue weighted by Gasteiger charge is 2.24. The third-order valence-electron chi connectivity index (χ3n) is 4.19. The lowest BCUT2D eigenvalue weighted by molar-refractivity contribution is 0.0939. The molecule has 0 spiro atoms. The number of sulfonamides is 1. The number of ether oxygens (including phenoxy) is 1. The zero-order chi connectivity index (χ0) is 19.3. The van der Waals surface area contributed by atoms with Gasteiger partial charge in [-0.1, -0.05) is 19.1 Å². The van der Waals surface area contributed by atoms with E-state index in [9.17, 15) is 13.2 Å². The molecule has 0 unspecified atom stereocenters. The van der Waals surface area contributed by atoms with E-state index in [0.29, 0.717) is 17.0 Å². The van der Waals surface area contributed by atoms with Crippen LogP contribution in [-0.2, 0) is 10.0 Å². The number of carbonyl (C=O) groups excluding carboxylic acids is 1. The maximum Gasteiger partial charge on any atom is 0.264 e. The molecule has 0 heterocycles. The Bertz CT molecular complexity index is 863. The Labute approximate surface area is 154 Å². The van der Waals surface area contributed by atoms with Gasteiger partial charge in [-0.3, -0.25) is 9.10 Å². The number of methoxy groups -OCH3 is 1. The van der Waals surface area contributed by atoms with Crippen molar-refractivity contribution in [3.05, 3.63) is 54.1 Å². The molecule has 2 aromatic carbocycles. The molecule has 0 radical (unpaired) electrons. The Balaban J connectivity index is 2.28. The van der Waals surface area contributed by atoms with E-state index in [2.05, 4.69) is 5.32 Å². The molecule has 26 heavy (non-hydrogen) atoms. The lowest BCUT2D eigenvalue weighted by Gasteiger charge is -2.21. The fourth-order valence-electron chi connectivity index (χ4n) is 2.36. The number of carbonyl (C=O) groups is 1. The second-order valence-electron chi connectivity index (χ2n) is 5.95. The van der Waals surface area contributed by atoms with E-state index in [1.807, 2.05) is 13.8 Å². The van der Waals surface area contributed by atoms with Crippen molar-refractivity contribution in [3.63, 3.8) is 0 Å². The van der Waals surface area contributed by atoms with Crippen molar-refractivity contribution in [2.75, 3.05) is 18.5 Å². The Morgan fingerprint density at radius 2 is 1.77 bits per heavy atom. The molecule has 0 saturated heterocycles. The molecule has 1 atom stereocenters. The van der Waals surface area contributed by atoms with Crippen LogP contribution in [0.3, 0.4) is 0 Å². The van der Waals surface area contributed by atoms with Crippen molar-refractivity contribution in [1.82, 2.24) is 5.32 Å². The third-order valence-corrected chi connectivity index (χ3v) is 5.97. The molecular weight excluding hydrogens is 352 g/mol. The number of hydrogen-bond acceptors (Lipinski definition) is 4. The van der Waals surface area contributed by atoms with Crippen molar-refractivity contribution in [2.24, 2.45) is 0 Å². The van der Waals surface area contributed by atoms with E-state index in [0.717, 1.165) is 6.42 Å². The standard InChI is InChI=1S/C19H24N2O4S/c1-5-14(2)20-19(22)15-10-12-16(13-11-15)26(23,24)21(3)17-8-6-7-9-18(17)25-4/h6-14H,5H2,1-4H3,(H,20,22)/t14-/m0/s1. The topological polar surface area (TPSA) is 75.7 Å². The molecule has 7 heteroatoms. The van der Waals surface area contributed by atoms with Crippen LogP contribution in [0.5, 0.6) is 5.75 Å². The Kier molecular flexibility index (Phi) is 6.26. The first-order chi connectivity index (χ1) is 12.3. The summed E-state index contributed by atoms with van der Waals surface area (Å²) in [5.74, 6) is 0.240. The van der Waals surface area contributed by atoms with Gasteiger partial charge >= 0.3 is 0 Å². The van der Waals surface area contributed by atoms with Crippen LogP contribution in [0.2, 0.25) is 0 Å². The summed E-state index contributed by atoms with van der Waals surface area (Å²) in [6.45, 7) is 3.90. The van der Waals surface area contributed by atoms with Crippen molar-refractivity contribution in [1.29, 1.82) is 0 Å². The molecule has 0 fully saturated rings. The van der Waals surface area contributed by atoms with Crippen molar-refractivity contribution < 1.29 is 17.9 Å². The number of rotatable bonds is 7. The maximum absolute atomic E-state index is 12.9. The highest BCUT2D eigenvalue weighted by molar-refractivity contribution is 7.92. The summed E-state index contributed by atoms with van der Waals surface area (Å²) >= 11 is 0. The van der Waals surface area contributed by atoms with Crippen LogP contribution >= 0.6 is 0 Å². The van der Waals surface area contributed by atoms with Crippen molar-refractivity contribution in [3.8, 4) is 5.75 Å². The average Bonchev–Trinajstić information content (AvgIpc) is 2.67. The summed E-state index contributed by atoms with van der Waals surface area (Å²) in [4.78, 5) is 12.2. The second-order valence-corrected chi connectivity index (χ2v) is 7.92. The van der Waals surface area contributed by atoms with Gasteiger partial charge in [0.25, 0.3) is 15.9 Å². The van der Waals surface area contributed by atoms with Gasteiger partial charge in [-0.15, -0.1) is 0 Å². The Hall–Kier alpha value is -2.54. The first-order valence-corrected chi connectivity index (χ1v) is 9.78. The molecule has 140 valence electrons. The normalized spacial score (nSPS) is 12.3. The van der Waals surface area contributed by atoms with Gasteiger partial charge in [0, 0.05) is 18.7 Å². The fourth-order valence-corrected chi connectivity index (χ4v) is 3.57. The summed E-state index contributed by atoms with van der Waals surface area (Å²) < 4.78 is 32.2. The minimum Gasteiger partial charge on any atom is -0.495 e. The first kappa shape index (κ1) is 19.8. The van der Waals surface area contributed by atoms with Crippen LogP contribution in [0.4, 0.5) is 5.69 Å². The van der Waals surface area contributed by atoms with Crippen LogP contribution < -0.4 is 14.4 Å². The predicted molar refractivity (Wildman–Crippen MR) is 102 cm³/mol. The summed E-state index contributed by atoms with van der Waals surface area (Å²) in [6.07, 6.45) is 0.821. The van der Waals surface area contributed by atoms with Gasteiger partial charge in [0.2, 0.25) is 0 Å². The molecule has 1 amide bonds. The van der Waals surface area contributed by atoms with Crippen molar-refractivity contribution >= 4 is 21.6 Å². The summed E-state index contributed by atoms with van der Waals surface area (Å²) in [5.41, 5.74) is 0.859. The van der Waals surface area contributed by atoms with E-state index in [1.54, 1.807) is 24.3 Å². The largest absolute Gasteiger partial charge is 0.495 e. The molecule has 1 N–H and O–H groups in total. The Morgan fingerprint density at radius 3 is 2.35 bits per heavy atom. The van der Waals surface area contributed by atoms with E-state index in [1.165, 1.54) is 42.7 Å². The average molecular weight is 376 g/mol. The van der Waals surface area contributed by atoms with E-state index >= 15 is 0 Å². The molecular formula is C19H24N2O4S. The number of nitrogens with zero attached hydrogens (tertiary/aromatic N) is 1. The van der Waals surface area contributed by atoms with Gasteiger partial charge in [0.15, 0.2) is 0 Å². The van der Waals surface area contributed by atoms with E-state index in [4.69, 9.17) is 4.74 Å². The molecule has 2 rings (SSSR count). The lowest BCUT2D eigenvalue weighted by Crippen LogP contribution is -2.32. The Morgan fingerprint density at radius 1 is 1.15 bits per heavy atom. The molecule has 0 aliphatic heterocycles.